The lowest BCUT2D eigenvalue weighted by Crippen LogP contribution is -2.42. The quantitative estimate of drug-likeness (QED) is 0.820. The minimum Gasteiger partial charge on any atom is -0.334 e. The lowest BCUT2D eigenvalue weighted by Gasteiger charge is -2.28. The van der Waals surface area contributed by atoms with E-state index in [1.165, 1.54) is 43.5 Å². The molecule has 1 aliphatic carbocycles. The SMILES string of the molecule is O=C(c1ccc(C2=CSC3CC23)cc1)N1CCC[C@H]1CN1CCCC1. The van der Waals surface area contributed by atoms with Crippen LogP contribution in [0.1, 0.15) is 48.0 Å². The largest absolute Gasteiger partial charge is 0.334 e. The van der Waals surface area contributed by atoms with Crippen LogP contribution in [0.4, 0.5) is 0 Å². The lowest BCUT2D eigenvalue weighted by molar-refractivity contribution is 0.0709. The third-order valence-corrected chi connectivity index (χ3v) is 7.53. The van der Waals surface area contributed by atoms with E-state index in [0.29, 0.717) is 6.04 Å². The van der Waals surface area contributed by atoms with Gasteiger partial charge in [-0.25, -0.2) is 0 Å². The molecule has 5 rings (SSSR count). The van der Waals surface area contributed by atoms with Gasteiger partial charge in [-0.2, -0.15) is 0 Å². The molecule has 3 fully saturated rings. The lowest BCUT2D eigenvalue weighted by atomic mass is 10.0. The second-order valence-electron chi connectivity index (χ2n) is 7.97. The van der Waals surface area contributed by atoms with Crippen LogP contribution in [0.15, 0.2) is 29.7 Å². The number of rotatable bonds is 4. The van der Waals surface area contributed by atoms with Crippen molar-refractivity contribution in [2.45, 2.75) is 43.4 Å². The highest BCUT2D eigenvalue weighted by atomic mass is 32.2. The van der Waals surface area contributed by atoms with E-state index >= 15 is 0 Å². The Morgan fingerprint density at radius 3 is 2.56 bits per heavy atom. The van der Waals surface area contributed by atoms with Crippen LogP contribution in [-0.4, -0.2) is 53.2 Å². The van der Waals surface area contributed by atoms with Gasteiger partial charge in [0, 0.05) is 29.9 Å². The Hall–Kier alpha value is -1.26. The summed E-state index contributed by atoms with van der Waals surface area (Å²) in [4.78, 5) is 17.7. The Bertz CT molecular complexity index is 692. The van der Waals surface area contributed by atoms with Crippen molar-refractivity contribution in [1.82, 2.24) is 9.80 Å². The average Bonchev–Trinajstić information content (AvgIpc) is 3.07. The van der Waals surface area contributed by atoms with E-state index in [9.17, 15) is 4.79 Å². The minimum atomic E-state index is 0.229. The van der Waals surface area contributed by atoms with Crippen LogP contribution in [-0.2, 0) is 0 Å². The third kappa shape index (κ3) is 3.04. The predicted octanol–water partition coefficient (Wildman–Crippen LogP) is 3.86. The van der Waals surface area contributed by atoms with E-state index in [1.807, 2.05) is 23.9 Å². The molecular formula is C21H26N2OS. The molecular weight excluding hydrogens is 328 g/mol. The maximum atomic E-state index is 13.0. The number of carbonyl (C=O) groups excluding carboxylic acids is 1. The molecule has 0 bridgehead atoms. The first-order valence-corrected chi connectivity index (χ1v) is 10.7. The van der Waals surface area contributed by atoms with Gasteiger partial charge in [0.1, 0.15) is 0 Å². The summed E-state index contributed by atoms with van der Waals surface area (Å²) in [6.45, 7) is 4.41. The highest BCUT2D eigenvalue weighted by molar-refractivity contribution is 8.03. The van der Waals surface area contributed by atoms with E-state index in [2.05, 4.69) is 27.3 Å². The number of amides is 1. The van der Waals surface area contributed by atoms with Crippen molar-refractivity contribution in [2.75, 3.05) is 26.2 Å². The molecule has 25 heavy (non-hydrogen) atoms. The van der Waals surface area contributed by atoms with Gasteiger partial charge in [0.15, 0.2) is 0 Å². The minimum absolute atomic E-state index is 0.229. The van der Waals surface area contributed by atoms with Gasteiger partial charge < -0.3 is 9.80 Å². The molecule has 1 saturated carbocycles. The number of likely N-dealkylation sites (tertiary alicyclic amines) is 2. The summed E-state index contributed by atoms with van der Waals surface area (Å²) in [5, 5.41) is 3.16. The van der Waals surface area contributed by atoms with Gasteiger partial charge in [-0.1, -0.05) is 12.1 Å². The van der Waals surface area contributed by atoms with Crippen molar-refractivity contribution in [3.63, 3.8) is 0 Å². The number of thioether (sulfide) groups is 1. The highest BCUT2D eigenvalue weighted by Crippen LogP contribution is 2.56. The second kappa shape index (κ2) is 6.48. The number of nitrogens with zero attached hydrogens (tertiary/aromatic N) is 2. The van der Waals surface area contributed by atoms with Gasteiger partial charge in [0.05, 0.1) is 0 Å². The van der Waals surface area contributed by atoms with E-state index in [1.54, 1.807) is 0 Å². The van der Waals surface area contributed by atoms with Crippen molar-refractivity contribution >= 4 is 23.2 Å². The molecule has 0 spiro atoms. The molecule has 2 saturated heterocycles. The van der Waals surface area contributed by atoms with E-state index in [0.717, 1.165) is 42.7 Å². The zero-order valence-corrected chi connectivity index (χ0v) is 15.5. The van der Waals surface area contributed by atoms with Crippen LogP contribution < -0.4 is 0 Å². The molecule has 4 heteroatoms. The smallest absolute Gasteiger partial charge is 0.254 e. The Labute approximate surface area is 154 Å². The van der Waals surface area contributed by atoms with Gasteiger partial charge in [0.2, 0.25) is 0 Å². The van der Waals surface area contributed by atoms with Crippen LogP contribution in [0.5, 0.6) is 0 Å². The second-order valence-corrected chi connectivity index (χ2v) is 9.08. The van der Waals surface area contributed by atoms with Gasteiger partial charge in [0.25, 0.3) is 5.91 Å². The van der Waals surface area contributed by atoms with E-state index in [4.69, 9.17) is 0 Å². The molecule has 132 valence electrons. The van der Waals surface area contributed by atoms with Crippen molar-refractivity contribution in [2.24, 2.45) is 5.92 Å². The monoisotopic (exact) mass is 354 g/mol. The first-order valence-electron chi connectivity index (χ1n) is 9.79. The number of carbonyl (C=O) groups is 1. The van der Waals surface area contributed by atoms with Gasteiger partial charge in [-0.05, 0) is 79.8 Å². The highest BCUT2D eigenvalue weighted by Gasteiger charge is 2.44. The Morgan fingerprint density at radius 2 is 1.88 bits per heavy atom. The fourth-order valence-corrected chi connectivity index (χ4v) is 5.99. The normalized spacial score (nSPS) is 31.3. The molecule has 1 aromatic carbocycles. The van der Waals surface area contributed by atoms with Crippen molar-refractivity contribution in [3.05, 3.63) is 40.8 Å². The zero-order chi connectivity index (χ0) is 16.8. The molecule has 3 atom stereocenters. The molecule has 2 unspecified atom stereocenters. The Morgan fingerprint density at radius 1 is 1.08 bits per heavy atom. The maximum absolute atomic E-state index is 13.0. The molecule has 0 aromatic heterocycles. The summed E-state index contributed by atoms with van der Waals surface area (Å²) in [7, 11) is 0. The first-order chi connectivity index (χ1) is 12.3. The molecule has 1 aromatic rings. The summed E-state index contributed by atoms with van der Waals surface area (Å²) in [5.74, 6) is 1.00. The van der Waals surface area contributed by atoms with Crippen molar-refractivity contribution in [1.29, 1.82) is 0 Å². The number of fused-ring (bicyclic) bond motifs is 1. The summed E-state index contributed by atoms with van der Waals surface area (Å²) in [5.41, 5.74) is 3.65. The van der Waals surface area contributed by atoms with Crippen LogP contribution in [0.3, 0.4) is 0 Å². The molecule has 0 radical (unpaired) electrons. The summed E-state index contributed by atoms with van der Waals surface area (Å²) in [6.07, 6.45) is 6.28. The molecule has 4 aliphatic rings. The Kier molecular flexibility index (Phi) is 4.13. The van der Waals surface area contributed by atoms with Gasteiger partial charge >= 0.3 is 0 Å². The molecule has 0 N–H and O–H groups in total. The summed E-state index contributed by atoms with van der Waals surface area (Å²) in [6, 6.07) is 8.82. The number of benzene rings is 1. The summed E-state index contributed by atoms with van der Waals surface area (Å²) >= 11 is 1.98. The predicted molar refractivity (Wildman–Crippen MR) is 104 cm³/mol. The number of allylic oxidation sites excluding steroid dienone is 1. The van der Waals surface area contributed by atoms with E-state index in [-0.39, 0.29) is 5.91 Å². The fraction of sp³-hybridized carbons (Fsp3) is 0.571. The van der Waals surface area contributed by atoms with Crippen molar-refractivity contribution < 1.29 is 4.79 Å². The van der Waals surface area contributed by atoms with Gasteiger partial charge in [-0.3, -0.25) is 4.79 Å². The number of hydrogen-bond donors (Lipinski definition) is 0. The average molecular weight is 355 g/mol. The molecule has 3 nitrogen and oxygen atoms in total. The molecule has 3 aliphatic heterocycles. The van der Waals surface area contributed by atoms with Crippen LogP contribution >= 0.6 is 11.8 Å². The molecule has 3 heterocycles. The zero-order valence-electron chi connectivity index (χ0n) is 14.7. The van der Waals surface area contributed by atoms with Crippen molar-refractivity contribution in [3.8, 4) is 0 Å². The van der Waals surface area contributed by atoms with Crippen LogP contribution in [0, 0.1) is 5.92 Å². The maximum Gasteiger partial charge on any atom is 0.254 e. The van der Waals surface area contributed by atoms with Crippen LogP contribution in [0.2, 0.25) is 0 Å². The topological polar surface area (TPSA) is 23.6 Å². The number of hydrogen-bond acceptors (Lipinski definition) is 3. The standard InChI is InChI=1S/C21H26N2OS/c24-21(23-11-3-4-17(23)13-22-9-1-2-10-22)16-7-5-15(6-8-16)19-14-25-20-12-18(19)20/h5-8,14,17-18,20H,1-4,9-13H2/t17-,18?,20?/m0/s1. The summed E-state index contributed by atoms with van der Waals surface area (Å²) < 4.78 is 0. The van der Waals surface area contributed by atoms with E-state index < -0.39 is 0 Å². The van der Waals surface area contributed by atoms with Gasteiger partial charge in [-0.15, -0.1) is 11.8 Å². The van der Waals surface area contributed by atoms with Crippen LogP contribution in [0.25, 0.3) is 5.57 Å². The molecule has 1 amide bonds. The fourth-order valence-electron chi connectivity index (χ4n) is 4.71. The Balaban J connectivity index is 1.28. The third-order valence-electron chi connectivity index (χ3n) is 6.27. The first kappa shape index (κ1) is 16.0.